The molecule has 0 aliphatic carbocycles. The first-order valence-electron chi connectivity index (χ1n) is 11.1. The molecule has 2 aromatic carbocycles. The summed E-state index contributed by atoms with van der Waals surface area (Å²) in [5.74, 6) is -0.557. The van der Waals surface area contributed by atoms with Gasteiger partial charge in [0.05, 0.1) is 0 Å². The summed E-state index contributed by atoms with van der Waals surface area (Å²) < 4.78 is 78.6. The predicted octanol–water partition coefficient (Wildman–Crippen LogP) is 3.89. The van der Waals surface area contributed by atoms with E-state index in [9.17, 15) is 25.6 Å². The number of benzene rings is 2. The molecule has 0 amide bonds. The fourth-order valence-electron chi connectivity index (χ4n) is 3.31. The Hall–Kier alpha value is -1.88. The minimum atomic E-state index is -3.94. The molecule has 0 fully saturated rings. The maximum absolute atomic E-state index is 12.9. The number of rotatable bonds is 16. The normalized spacial score (nSPS) is 12.2. The second-order valence-corrected chi connectivity index (χ2v) is 12.0. The molecule has 10 heteroatoms. The number of nitrogens with one attached hydrogen (secondary N) is 2. The van der Waals surface area contributed by atoms with Gasteiger partial charge in [-0.25, -0.2) is 35.1 Å². The average molecular weight is 503 g/mol. The van der Waals surface area contributed by atoms with E-state index in [-0.39, 0.29) is 24.7 Å². The lowest BCUT2D eigenvalue weighted by atomic mass is 10.1. The Balaban J connectivity index is 1.55. The fourth-order valence-corrected chi connectivity index (χ4v) is 6.52. The van der Waals surface area contributed by atoms with Gasteiger partial charge in [-0.2, -0.15) is 0 Å². The quantitative estimate of drug-likeness (QED) is 0.341. The van der Waals surface area contributed by atoms with Crippen molar-refractivity contribution in [2.24, 2.45) is 0 Å². The minimum Gasteiger partial charge on any atom is -0.214 e. The number of halogens is 2. The first-order valence-corrected chi connectivity index (χ1v) is 14.4. The van der Waals surface area contributed by atoms with Crippen molar-refractivity contribution >= 4 is 20.0 Å². The van der Waals surface area contributed by atoms with Crippen LogP contribution in [0.5, 0.6) is 0 Å². The Kier molecular flexibility index (Phi) is 11.4. The highest BCUT2D eigenvalue weighted by Crippen LogP contribution is 2.09. The van der Waals surface area contributed by atoms with Gasteiger partial charge in [0, 0.05) is 13.1 Å². The number of hydrogen-bond donors (Lipinski definition) is 2. The zero-order valence-corrected chi connectivity index (χ0v) is 20.2. The minimum absolute atomic E-state index is 0.171. The summed E-state index contributed by atoms with van der Waals surface area (Å²) in [6.45, 7) is 0.343. The van der Waals surface area contributed by atoms with Crippen molar-refractivity contribution in [1.29, 1.82) is 0 Å². The van der Waals surface area contributed by atoms with Crippen LogP contribution in [0.1, 0.15) is 49.7 Å². The van der Waals surface area contributed by atoms with Crippen LogP contribution in [0.2, 0.25) is 0 Å². The summed E-state index contributed by atoms with van der Waals surface area (Å²) in [7, 11) is -7.89. The zero-order chi connectivity index (χ0) is 24.2. The molecule has 0 aliphatic rings. The van der Waals surface area contributed by atoms with Crippen LogP contribution in [-0.2, 0) is 32.9 Å². The van der Waals surface area contributed by atoms with Crippen LogP contribution in [0.3, 0.4) is 0 Å². The van der Waals surface area contributed by atoms with Crippen molar-refractivity contribution < 1.29 is 25.6 Å². The Morgan fingerprint density at radius 2 is 0.909 bits per heavy atom. The van der Waals surface area contributed by atoms with Crippen LogP contribution in [0.25, 0.3) is 0 Å². The molecule has 0 saturated carbocycles. The largest absolute Gasteiger partial charge is 0.227 e. The SMILES string of the molecule is O=S(=O)(CS(=O)(=O)NCCCCCc1ccc(F)cc1)NCCCCCc1ccc(F)cc1. The summed E-state index contributed by atoms with van der Waals surface area (Å²) in [6, 6.07) is 12.5. The van der Waals surface area contributed by atoms with Gasteiger partial charge < -0.3 is 0 Å². The van der Waals surface area contributed by atoms with E-state index in [4.69, 9.17) is 0 Å². The van der Waals surface area contributed by atoms with Crippen LogP contribution >= 0.6 is 0 Å². The van der Waals surface area contributed by atoms with Gasteiger partial charge in [0.15, 0.2) is 5.08 Å². The van der Waals surface area contributed by atoms with E-state index >= 15 is 0 Å². The highest BCUT2D eigenvalue weighted by atomic mass is 32.3. The van der Waals surface area contributed by atoms with Crippen LogP contribution in [0.4, 0.5) is 8.78 Å². The van der Waals surface area contributed by atoms with Crippen LogP contribution < -0.4 is 9.44 Å². The first-order chi connectivity index (χ1) is 15.7. The molecule has 0 radical (unpaired) electrons. The van der Waals surface area contributed by atoms with Gasteiger partial charge in [-0.3, -0.25) is 0 Å². The fraction of sp³-hybridized carbons (Fsp3) is 0.478. The molecule has 0 aliphatic heterocycles. The van der Waals surface area contributed by atoms with E-state index in [1.54, 1.807) is 24.3 Å². The molecule has 184 valence electrons. The summed E-state index contributed by atoms with van der Waals surface area (Å²) in [6.07, 6.45) is 5.91. The van der Waals surface area contributed by atoms with Gasteiger partial charge in [-0.15, -0.1) is 0 Å². The third kappa shape index (κ3) is 12.2. The molecule has 0 spiro atoms. The topological polar surface area (TPSA) is 92.3 Å². The second-order valence-electron chi connectivity index (χ2n) is 8.01. The van der Waals surface area contributed by atoms with Crippen molar-refractivity contribution in [3.8, 4) is 0 Å². The van der Waals surface area contributed by atoms with Crippen molar-refractivity contribution in [2.75, 3.05) is 18.2 Å². The number of sulfonamides is 2. The Morgan fingerprint density at radius 3 is 1.27 bits per heavy atom. The Bertz CT molecular complexity index is 957. The standard InChI is InChI=1S/C23H32F2N2O4S2/c24-22-13-9-20(10-14-22)7-3-1-5-17-26-32(28,29)19-33(30,31)27-18-6-2-4-8-21-11-15-23(25)16-12-21/h9-16,26-27H,1-8,17-19H2. The molecule has 0 atom stereocenters. The highest BCUT2D eigenvalue weighted by Gasteiger charge is 2.21. The second kappa shape index (κ2) is 13.7. The van der Waals surface area contributed by atoms with Crippen LogP contribution in [-0.4, -0.2) is 35.0 Å². The molecule has 2 aromatic rings. The molecule has 2 rings (SSSR count). The van der Waals surface area contributed by atoms with Crippen molar-refractivity contribution in [1.82, 2.24) is 9.44 Å². The lowest BCUT2D eigenvalue weighted by molar-refractivity contribution is 0.566. The summed E-state index contributed by atoms with van der Waals surface area (Å²) in [5.41, 5.74) is 2.04. The Labute approximate surface area is 195 Å². The van der Waals surface area contributed by atoms with Crippen molar-refractivity contribution in [3.63, 3.8) is 0 Å². The van der Waals surface area contributed by atoms with Crippen LogP contribution in [0.15, 0.2) is 48.5 Å². The maximum Gasteiger partial charge on any atom is 0.227 e. The average Bonchev–Trinajstić information content (AvgIpc) is 2.75. The van der Waals surface area contributed by atoms with Gasteiger partial charge in [-0.05, 0) is 73.9 Å². The first kappa shape index (κ1) is 27.4. The maximum atomic E-state index is 12.9. The van der Waals surface area contributed by atoms with E-state index in [2.05, 4.69) is 9.44 Å². The molecule has 0 heterocycles. The molecule has 6 nitrogen and oxygen atoms in total. The van der Waals surface area contributed by atoms with Gasteiger partial charge in [-0.1, -0.05) is 37.1 Å². The van der Waals surface area contributed by atoms with Crippen molar-refractivity contribution in [3.05, 3.63) is 71.3 Å². The number of aryl methyl sites for hydroxylation is 2. The zero-order valence-electron chi connectivity index (χ0n) is 18.6. The van der Waals surface area contributed by atoms with E-state index in [1.807, 2.05) is 0 Å². The molecule has 0 unspecified atom stereocenters. The third-order valence-electron chi connectivity index (χ3n) is 5.07. The van der Waals surface area contributed by atoms with E-state index in [0.717, 1.165) is 49.7 Å². The highest BCUT2D eigenvalue weighted by molar-refractivity contribution is 8.06. The number of hydrogen-bond acceptors (Lipinski definition) is 4. The van der Waals surface area contributed by atoms with E-state index in [0.29, 0.717) is 12.8 Å². The summed E-state index contributed by atoms with van der Waals surface area (Å²) in [5, 5.41) is -0.995. The summed E-state index contributed by atoms with van der Waals surface area (Å²) >= 11 is 0. The van der Waals surface area contributed by atoms with E-state index in [1.165, 1.54) is 24.3 Å². The van der Waals surface area contributed by atoms with Gasteiger partial charge in [0.2, 0.25) is 20.0 Å². The lowest BCUT2D eigenvalue weighted by Crippen LogP contribution is -2.36. The molecule has 0 aromatic heterocycles. The third-order valence-corrected chi connectivity index (χ3v) is 8.84. The smallest absolute Gasteiger partial charge is 0.214 e. The molecule has 2 N–H and O–H groups in total. The van der Waals surface area contributed by atoms with E-state index < -0.39 is 25.1 Å². The van der Waals surface area contributed by atoms with Crippen molar-refractivity contribution in [2.45, 2.75) is 51.4 Å². The van der Waals surface area contributed by atoms with Gasteiger partial charge in [0.25, 0.3) is 0 Å². The summed E-state index contributed by atoms with van der Waals surface area (Å²) in [4.78, 5) is 0. The molecule has 0 saturated heterocycles. The molecule has 33 heavy (non-hydrogen) atoms. The predicted molar refractivity (Wildman–Crippen MR) is 127 cm³/mol. The molecular formula is C23H32F2N2O4S2. The van der Waals surface area contributed by atoms with Gasteiger partial charge in [0.1, 0.15) is 11.6 Å². The molecular weight excluding hydrogens is 470 g/mol. The van der Waals surface area contributed by atoms with Gasteiger partial charge >= 0.3 is 0 Å². The lowest BCUT2D eigenvalue weighted by Gasteiger charge is -2.09. The number of unbranched alkanes of at least 4 members (excludes halogenated alkanes) is 4. The van der Waals surface area contributed by atoms with Crippen LogP contribution in [0, 0.1) is 11.6 Å². The monoisotopic (exact) mass is 502 g/mol. The Morgan fingerprint density at radius 1 is 0.545 bits per heavy atom. The molecule has 0 bridgehead atoms.